The Labute approximate surface area is 121 Å². The molecule has 1 aromatic carbocycles. The number of urea groups is 1. The van der Waals surface area contributed by atoms with Crippen LogP contribution in [0.3, 0.4) is 0 Å². The Hall–Kier alpha value is -1.49. The molecule has 1 saturated heterocycles. The monoisotopic (exact) mass is 298 g/mol. The third-order valence-electron chi connectivity index (χ3n) is 3.88. The zero-order valence-corrected chi connectivity index (χ0v) is 12.1. The van der Waals surface area contributed by atoms with Crippen LogP contribution in [0.25, 0.3) is 0 Å². The highest BCUT2D eigenvalue weighted by Gasteiger charge is 2.49. The molecule has 1 fully saturated rings. The van der Waals surface area contributed by atoms with E-state index in [4.69, 9.17) is 16.3 Å². The molecule has 108 valence electrons. The molecule has 0 radical (unpaired) electrons. The van der Waals surface area contributed by atoms with Crippen molar-refractivity contribution in [3.63, 3.8) is 0 Å². The van der Waals surface area contributed by atoms with E-state index in [1.165, 1.54) is 6.07 Å². The Morgan fingerprint density at radius 1 is 1.60 bits per heavy atom. The van der Waals surface area contributed by atoms with Gasteiger partial charge in [0, 0.05) is 23.6 Å². The molecule has 1 aromatic rings. The SMILES string of the molecule is CCCN1C(=O)NC2CC1(C)Oc1c(F)cc(Cl)cc12. The van der Waals surface area contributed by atoms with Gasteiger partial charge < -0.3 is 10.1 Å². The molecule has 2 atom stereocenters. The van der Waals surface area contributed by atoms with Crippen molar-refractivity contribution in [1.82, 2.24) is 10.2 Å². The topological polar surface area (TPSA) is 41.6 Å². The fraction of sp³-hybridized carbons (Fsp3) is 0.500. The average molecular weight is 299 g/mol. The fourth-order valence-corrected chi connectivity index (χ4v) is 3.21. The third-order valence-corrected chi connectivity index (χ3v) is 4.10. The van der Waals surface area contributed by atoms with Crippen LogP contribution in [-0.2, 0) is 0 Å². The minimum Gasteiger partial charge on any atom is -0.465 e. The number of carbonyl (C=O) groups is 1. The quantitative estimate of drug-likeness (QED) is 0.908. The summed E-state index contributed by atoms with van der Waals surface area (Å²) in [6, 6.07) is 2.44. The molecular formula is C14H16ClFN2O2. The van der Waals surface area contributed by atoms with Crippen LogP contribution in [0.5, 0.6) is 5.75 Å². The van der Waals surface area contributed by atoms with E-state index in [-0.39, 0.29) is 17.8 Å². The van der Waals surface area contributed by atoms with Crippen LogP contribution in [0.1, 0.15) is 38.3 Å². The van der Waals surface area contributed by atoms with Crippen LogP contribution in [-0.4, -0.2) is 23.2 Å². The van der Waals surface area contributed by atoms with Gasteiger partial charge in [0.1, 0.15) is 0 Å². The van der Waals surface area contributed by atoms with Gasteiger partial charge in [0.15, 0.2) is 17.3 Å². The van der Waals surface area contributed by atoms with Crippen molar-refractivity contribution in [2.75, 3.05) is 6.54 Å². The van der Waals surface area contributed by atoms with Crippen molar-refractivity contribution in [2.24, 2.45) is 0 Å². The molecule has 20 heavy (non-hydrogen) atoms. The van der Waals surface area contributed by atoms with Crippen LogP contribution < -0.4 is 10.1 Å². The first-order chi connectivity index (χ1) is 9.44. The summed E-state index contributed by atoms with van der Waals surface area (Å²) in [7, 11) is 0. The maximum Gasteiger partial charge on any atom is 0.320 e. The van der Waals surface area contributed by atoms with Gasteiger partial charge >= 0.3 is 6.03 Å². The summed E-state index contributed by atoms with van der Waals surface area (Å²) in [5.74, 6) is -0.301. The lowest BCUT2D eigenvalue weighted by Crippen LogP contribution is -2.64. The average Bonchev–Trinajstić information content (AvgIpc) is 2.36. The first-order valence-electron chi connectivity index (χ1n) is 6.70. The first kappa shape index (κ1) is 13.5. The van der Waals surface area contributed by atoms with E-state index in [2.05, 4.69) is 5.32 Å². The second-order valence-electron chi connectivity index (χ2n) is 5.44. The molecule has 2 bridgehead atoms. The molecule has 2 aliphatic heterocycles. The molecule has 2 unspecified atom stereocenters. The number of hydrogen-bond acceptors (Lipinski definition) is 2. The number of rotatable bonds is 2. The molecule has 3 rings (SSSR count). The number of benzene rings is 1. The largest absolute Gasteiger partial charge is 0.465 e. The van der Waals surface area contributed by atoms with Gasteiger partial charge in [-0.05, 0) is 25.5 Å². The molecule has 2 heterocycles. The molecule has 4 nitrogen and oxygen atoms in total. The van der Waals surface area contributed by atoms with Crippen molar-refractivity contribution in [1.29, 1.82) is 0 Å². The molecule has 2 aliphatic rings. The van der Waals surface area contributed by atoms with Gasteiger partial charge in [0.2, 0.25) is 0 Å². The second kappa shape index (κ2) is 4.52. The zero-order chi connectivity index (χ0) is 14.5. The summed E-state index contributed by atoms with van der Waals surface area (Å²) in [5.41, 5.74) is -0.206. The Morgan fingerprint density at radius 2 is 2.35 bits per heavy atom. The van der Waals surface area contributed by atoms with E-state index in [9.17, 15) is 9.18 Å². The number of hydrogen-bond donors (Lipinski definition) is 1. The lowest BCUT2D eigenvalue weighted by Gasteiger charge is -2.50. The lowest BCUT2D eigenvalue weighted by molar-refractivity contribution is -0.0859. The van der Waals surface area contributed by atoms with Crippen LogP contribution in [0.2, 0.25) is 5.02 Å². The minimum atomic E-state index is -0.815. The highest BCUT2D eigenvalue weighted by Crippen LogP contribution is 2.46. The van der Waals surface area contributed by atoms with Gasteiger partial charge in [-0.25, -0.2) is 9.18 Å². The number of fused-ring (bicyclic) bond motifs is 4. The van der Waals surface area contributed by atoms with Crippen LogP contribution in [0, 0.1) is 5.82 Å². The number of halogens is 2. The number of carbonyl (C=O) groups excluding carboxylic acids is 1. The Morgan fingerprint density at radius 3 is 3.05 bits per heavy atom. The third kappa shape index (κ3) is 1.92. The molecule has 2 amide bonds. The summed E-state index contributed by atoms with van der Waals surface area (Å²) in [6.07, 6.45) is 1.39. The fourth-order valence-electron chi connectivity index (χ4n) is 2.99. The van der Waals surface area contributed by atoms with E-state index in [0.717, 1.165) is 6.42 Å². The predicted molar refractivity (Wildman–Crippen MR) is 73.3 cm³/mol. The van der Waals surface area contributed by atoms with Crippen LogP contribution >= 0.6 is 11.6 Å². The number of nitrogens with one attached hydrogen (secondary N) is 1. The van der Waals surface area contributed by atoms with Crippen molar-refractivity contribution in [3.8, 4) is 5.75 Å². The molecule has 0 aliphatic carbocycles. The maximum absolute atomic E-state index is 14.1. The second-order valence-corrected chi connectivity index (χ2v) is 5.88. The molecule has 0 aromatic heterocycles. The Bertz CT molecular complexity index is 581. The van der Waals surface area contributed by atoms with E-state index < -0.39 is 11.5 Å². The molecular weight excluding hydrogens is 283 g/mol. The van der Waals surface area contributed by atoms with Crippen molar-refractivity contribution >= 4 is 17.6 Å². The van der Waals surface area contributed by atoms with E-state index in [1.54, 1.807) is 11.0 Å². The van der Waals surface area contributed by atoms with Gasteiger partial charge in [0.25, 0.3) is 0 Å². The standard InChI is InChI=1S/C14H16ClFN2O2/c1-3-4-18-13(19)17-11-7-14(18,2)20-12-9(11)5-8(15)6-10(12)16/h5-6,11H,3-4,7H2,1-2H3,(H,17,19). The van der Waals surface area contributed by atoms with Crippen LogP contribution in [0.4, 0.5) is 9.18 Å². The van der Waals surface area contributed by atoms with Gasteiger partial charge in [-0.1, -0.05) is 18.5 Å². The van der Waals surface area contributed by atoms with Gasteiger partial charge in [-0.3, -0.25) is 4.90 Å². The van der Waals surface area contributed by atoms with Gasteiger partial charge in [-0.2, -0.15) is 0 Å². The zero-order valence-electron chi connectivity index (χ0n) is 11.4. The highest BCUT2D eigenvalue weighted by atomic mass is 35.5. The smallest absolute Gasteiger partial charge is 0.320 e. The van der Waals surface area contributed by atoms with Gasteiger partial charge in [-0.15, -0.1) is 0 Å². The molecule has 0 spiro atoms. The summed E-state index contributed by atoms with van der Waals surface area (Å²) in [5, 5.41) is 3.20. The Kier molecular flexibility index (Phi) is 3.05. The summed E-state index contributed by atoms with van der Waals surface area (Å²) < 4.78 is 19.9. The lowest BCUT2D eigenvalue weighted by atomic mass is 9.90. The molecule has 1 N–H and O–H groups in total. The number of amides is 2. The summed E-state index contributed by atoms with van der Waals surface area (Å²) in [4.78, 5) is 13.8. The van der Waals surface area contributed by atoms with E-state index in [0.29, 0.717) is 23.6 Å². The minimum absolute atomic E-state index is 0.184. The first-order valence-corrected chi connectivity index (χ1v) is 7.08. The Balaban J connectivity index is 2.08. The molecule has 0 saturated carbocycles. The van der Waals surface area contributed by atoms with Crippen molar-refractivity contribution < 1.29 is 13.9 Å². The summed E-state index contributed by atoms with van der Waals surface area (Å²) in [6.45, 7) is 4.38. The number of nitrogens with zero attached hydrogens (tertiary/aromatic N) is 1. The highest BCUT2D eigenvalue weighted by molar-refractivity contribution is 6.30. The number of ether oxygens (including phenoxy) is 1. The van der Waals surface area contributed by atoms with E-state index in [1.807, 2.05) is 13.8 Å². The molecule has 6 heteroatoms. The van der Waals surface area contributed by atoms with E-state index >= 15 is 0 Å². The van der Waals surface area contributed by atoms with Crippen molar-refractivity contribution in [3.05, 3.63) is 28.5 Å². The van der Waals surface area contributed by atoms with Crippen LogP contribution in [0.15, 0.2) is 12.1 Å². The van der Waals surface area contributed by atoms with Gasteiger partial charge in [0.05, 0.1) is 6.04 Å². The van der Waals surface area contributed by atoms with Crippen molar-refractivity contribution in [2.45, 2.75) is 38.5 Å². The summed E-state index contributed by atoms with van der Waals surface area (Å²) >= 11 is 5.89. The normalized spacial score (nSPS) is 27.7. The maximum atomic E-state index is 14.1. The predicted octanol–water partition coefficient (Wildman–Crippen LogP) is 3.45.